The summed E-state index contributed by atoms with van der Waals surface area (Å²) in [6.45, 7) is 1.10. The highest BCUT2D eigenvalue weighted by atomic mass is 35.5. The Kier molecular flexibility index (Phi) is 2.95. The summed E-state index contributed by atoms with van der Waals surface area (Å²) < 4.78 is 0. The van der Waals surface area contributed by atoms with Crippen molar-refractivity contribution in [2.24, 2.45) is 5.73 Å². The zero-order valence-electron chi connectivity index (χ0n) is 11.3. The summed E-state index contributed by atoms with van der Waals surface area (Å²) in [7, 11) is 0. The first-order chi connectivity index (χ1) is 9.75. The molecule has 4 heteroatoms. The van der Waals surface area contributed by atoms with Gasteiger partial charge in [0.25, 0.3) is 0 Å². The molecule has 1 aromatic carbocycles. The quantitative estimate of drug-likeness (QED) is 0.923. The molecule has 2 fully saturated rings. The average molecular weight is 288 g/mol. The van der Waals surface area contributed by atoms with Crippen LogP contribution in [-0.4, -0.2) is 28.5 Å². The van der Waals surface area contributed by atoms with Crippen LogP contribution in [0.15, 0.2) is 30.5 Å². The third kappa shape index (κ3) is 1.93. The van der Waals surface area contributed by atoms with Crippen molar-refractivity contribution in [2.75, 3.05) is 6.54 Å². The van der Waals surface area contributed by atoms with Crippen molar-refractivity contribution >= 4 is 22.5 Å². The van der Waals surface area contributed by atoms with Crippen molar-refractivity contribution in [1.29, 1.82) is 0 Å². The van der Waals surface area contributed by atoms with Crippen molar-refractivity contribution in [3.8, 4) is 0 Å². The smallest absolute Gasteiger partial charge is 0.0765 e. The number of aromatic nitrogens is 1. The van der Waals surface area contributed by atoms with E-state index >= 15 is 0 Å². The van der Waals surface area contributed by atoms with Crippen molar-refractivity contribution in [1.82, 2.24) is 9.88 Å². The number of hydrogen-bond donors (Lipinski definition) is 1. The first-order valence-corrected chi connectivity index (χ1v) is 7.68. The largest absolute Gasteiger partial charge is 0.326 e. The van der Waals surface area contributed by atoms with Crippen LogP contribution in [-0.2, 0) is 0 Å². The molecule has 4 rings (SSSR count). The minimum absolute atomic E-state index is 0.196. The molecule has 1 aromatic heterocycles. The van der Waals surface area contributed by atoms with Gasteiger partial charge < -0.3 is 5.73 Å². The van der Waals surface area contributed by atoms with E-state index in [2.05, 4.69) is 16.0 Å². The minimum Gasteiger partial charge on any atom is -0.326 e. The van der Waals surface area contributed by atoms with Gasteiger partial charge in [0.1, 0.15) is 0 Å². The normalized spacial score (nSPS) is 27.3. The lowest BCUT2D eigenvalue weighted by Gasteiger charge is -2.27. The number of nitrogens with two attached hydrogens (primary N) is 1. The lowest BCUT2D eigenvalue weighted by Crippen LogP contribution is -2.33. The lowest BCUT2D eigenvalue weighted by atomic mass is 9.97. The van der Waals surface area contributed by atoms with Crippen LogP contribution >= 0.6 is 11.6 Å². The van der Waals surface area contributed by atoms with Crippen LogP contribution in [0.1, 0.15) is 30.9 Å². The Labute approximate surface area is 123 Å². The Morgan fingerprint density at radius 1 is 1.20 bits per heavy atom. The van der Waals surface area contributed by atoms with Crippen LogP contribution in [0, 0.1) is 0 Å². The molecular formula is C16H18ClN3. The second-order valence-electron chi connectivity index (χ2n) is 5.90. The van der Waals surface area contributed by atoms with E-state index in [1.807, 2.05) is 24.4 Å². The number of nitrogens with zero attached hydrogens (tertiary/aromatic N) is 2. The van der Waals surface area contributed by atoms with E-state index in [4.69, 9.17) is 17.3 Å². The molecule has 1 saturated heterocycles. The number of hydrogen-bond acceptors (Lipinski definition) is 3. The molecule has 0 radical (unpaired) electrons. The molecule has 20 heavy (non-hydrogen) atoms. The van der Waals surface area contributed by atoms with Crippen molar-refractivity contribution < 1.29 is 0 Å². The third-order valence-electron chi connectivity index (χ3n) is 4.57. The molecule has 2 atom stereocenters. The predicted molar refractivity (Wildman–Crippen MR) is 81.8 cm³/mol. The summed E-state index contributed by atoms with van der Waals surface area (Å²) in [5, 5.41) is 1.79. The van der Waals surface area contributed by atoms with Crippen LogP contribution in [0.3, 0.4) is 0 Å². The van der Waals surface area contributed by atoms with Gasteiger partial charge in [-0.15, -0.1) is 0 Å². The summed E-state index contributed by atoms with van der Waals surface area (Å²) in [6.07, 6.45) is 5.52. The van der Waals surface area contributed by atoms with Crippen LogP contribution in [0.5, 0.6) is 0 Å². The van der Waals surface area contributed by atoms with Gasteiger partial charge >= 0.3 is 0 Å². The van der Waals surface area contributed by atoms with Crippen LogP contribution in [0.25, 0.3) is 10.9 Å². The summed E-state index contributed by atoms with van der Waals surface area (Å²) in [4.78, 5) is 7.14. The molecule has 0 spiro atoms. The Morgan fingerprint density at radius 2 is 2.05 bits per heavy atom. The molecular weight excluding hydrogens is 270 g/mol. The fourth-order valence-electron chi connectivity index (χ4n) is 3.46. The fourth-order valence-corrected chi connectivity index (χ4v) is 3.68. The second-order valence-corrected chi connectivity index (χ2v) is 6.31. The maximum Gasteiger partial charge on any atom is 0.0765 e. The van der Waals surface area contributed by atoms with Crippen LogP contribution in [0.4, 0.5) is 0 Å². The number of rotatable bonds is 2. The number of benzene rings is 1. The van der Waals surface area contributed by atoms with E-state index in [9.17, 15) is 0 Å². The Bertz CT molecular complexity index is 653. The molecule has 2 N–H and O–H groups in total. The van der Waals surface area contributed by atoms with Gasteiger partial charge in [-0.05, 0) is 43.0 Å². The van der Waals surface area contributed by atoms with E-state index in [1.165, 1.54) is 18.4 Å². The van der Waals surface area contributed by atoms with E-state index in [0.29, 0.717) is 0 Å². The molecule has 2 aromatic rings. The van der Waals surface area contributed by atoms with E-state index in [0.717, 1.165) is 34.9 Å². The molecule has 1 saturated carbocycles. The second kappa shape index (κ2) is 4.69. The number of halogens is 1. The molecule has 0 amide bonds. The van der Waals surface area contributed by atoms with Crippen LogP contribution in [0.2, 0.25) is 5.02 Å². The van der Waals surface area contributed by atoms with Gasteiger partial charge in [-0.25, -0.2) is 0 Å². The molecule has 3 nitrogen and oxygen atoms in total. The van der Waals surface area contributed by atoms with Crippen molar-refractivity contribution in [2.45, 2.75) is 37.4 Å². The summed E-state index contributed by atoms with van der Waals surface area (Å²) in [6, 6.07) is 9.28. The highest BCUT2D eigenvalue weighted by Crippen LogP contribution is 2.42. The van der Waals surface area contributed by atoms with Crippen molar-refractivity contribution in [3.05, 3.63) is 41.0 Å². The average Bonchev–Trinajstić information content (AvgIpc) is 3.24. The monoisotopic (exact) mass is 287 g/mol. The first kappa shape index (κ1) is 12.6. The standard InChI is InChI=1S/C16H18ClN3/c17-13-6-5-12(15-11(13)2-1-8-19-15)16-14(18)7-9-20(16)10-3-4-10/h1-2,5-6,8,10,14,16H,3-4,7,9,18H2. The minimum atomic E-state index is 0.196. The molecule has 2 aliphatic rings. The maximum atomic E-state index is 6.39. The zero-order chi connectivity index (χ0) is 13.7. The Morgan fingerprint density at radius 3 is 2.85 bits per heavy atom. The molecule has 1 aliphatic heterocycles. The van der Waals surface area contributed by atoms with Gasteiger partial charge in [0.2, 0.25) is 0 Å². The molecule has 2 heterocycles. The van der Waals surface area contributed by atoms with Gasteiger partial charge in [0, 0.05) is 35.2 Å². The van der Waals surface area contributed by atoms with Gasteiger partial charge in [-0.1, -0.05) is 17.7 Å². The first-order valence-electron chi connectivity index (χ1n) is 7.30. The SMILES string of the molecule is NC1CCN(C2CC2)C1c1ccc(Cl)c2cccnc12. The van der Waals surface area contributed by atoms with E-state index in [-0.39, 0.29) is 12.1 Å². The molecule has 0 bridgehead atoms. The van der Waals surface area contributed by atoms with Gasteiger partial charge in [-0.3, -0.25) is 9.88 Å². The fraction of sp³-hybridized carbons (Fsp3) is 0.438. The van der Waals surface area contributed by atoms with Crippen LogP contribution < -0.4 is 5.73 Å². The number of likely N-dealkylation sites (tertiary alicyclic amines) is 1. The van der Waals surface area contributed by atoms with Gasteiger partial charge in [-0.2, -0.15) is 0 Å². The van der Waals surface area contributed by atoms with Crippen molar-refractivity contribution in [3.63, 3.8) is 0 Å². The Hall–Kier alpha value is -1.16. The van der Waals surface area contributed by atoms with Gasteiger partial charge in [0.05, 0.1) is 11.6 Å². The van der Waals surface area contributed by atoms with E-state index in [1.54, 1.807) is 0 Å². The summed E-state index contributed by atoms with van der Waals surface area (Å²) in [5.74, 6) is 0. The highest BCUT2D eigenvalue weighted by molar-refractivity contribution is 6.35. The number of fused-ring (bicyclic) bond motifs is 1. The summed E-state index contributed by atoms with van der Waals surface area (Å²) in [5.41, 5.74) is 8.64. The Balaban J connectivity index is 1.86. The van der Waals surface area contributed by atoms with Gasteiger partial charge in [0.15, 0.2) is 0 Å². The lowest BCUT2D eigenvalue weighted by molar-refractivity contribution is 0.238. The maximum absolute atomic E-state index is 6.39. The highest BCUT2D eigenvalue weighted by Gasteiger charge is 2.42. The zero-order valence-corrected chi connectivity index (χ0v) is 12.1. The molecule has 2 unspecified atom stereocenters. The number of pyridine rings is 1. The topological polar surface area (TPSA) is 42.1 Å². The molecule has 104 valence electrons. The predicted octanol–water partition coefficient (Wildman–Crippen LogP) is 3.12. The summed E-state index contributed by atoms with van der Waals surface area (Å²) >= 11 is 6.30. The van der Waals surface area contributed by atoms with E-state index < -0.39 is 0 Å². The third-order valence-corrected chi connectivity index (χ3v) is 4.90. The molecule has 1 aliphatic carbocycles.